The number of rotatable bonds is 3. The Morgan fingerprint density at radius 3 is 1.93 bits per heavy atom. The monoisotopic (exact) mass is 234 g/mol. The summed E-state index contributed by atoms with van der Waals surface area (Å²) in [7, 11) is -4.38. The molecule has 0 heterocycles. The van der Waals surface area contributed by atoms with Crippen LogP contribution in [-0.2, 0) is 10.4 Å². The van der Waals surface area contributed by atoms with Crippen LogP contribution in [-0.4, -0.2) is 26.1 Å². The molecule has 0 unspecified atom stereocenters. The SMILES string of the molecule is NCCN.O=S(=O)(O)Oc1ccccc1. The summed E-state index contributed by atoms with van der Waals surface area (Å²) in [6.07, 6.45) is 0. The van der Waals surface area contributed by atoms with Crippen molar-refractivity contribution in [2.75, 3.05) is 13.1 Å². The lowest BCUT2D eigenvalue weighted by atomic mass is 10.3. The van der Waals surface area contributed by atoms with Gasteiger partial charge in [-0.15, -0.1) is 0 Å². The fourth-order valence-corrected chi connectivity index (χ4v) is 0.952. The molecule has 0 aromatic heterocycles. The third-order valence-electron chi connectivity index (χ3n) is 1.11. The minimum absolute atomic E-state index is 0.0926. The molecule has 0 radical (unpaired) electrons. The van der Waals surface area contributed by atoms with Crippen LogP contribution in [0.4, 0.5) is 0 Å². The molecule has 7 heteroatoms. The molecule has 0 fully saturated rings. The molecular weight excluding hydrogens is 220 g/mol. The normalized spacial score (nSPS) is 10.1. The van der Waals surface area contributed by atoms with Gasteiger partial charge >= 0.3 is 10.4 Å². The number of benzene rings is 1. The molecule has 0 aliphatic rings. The fourth-order valence-electron chi connectivity index (χ4n) is 0.598. The van der Waals surface area contributed by atoms with Gasteiger partial charge in [-0.05, 0) is 12.1 Å². The maximum atomic E-state index is 10.1. The molecule has 0 atom stereocenters. The van der Waals surface area contributed by atoms with Crippen LogP contribution in [0.1, 0.15) is 0 Å². The van der Waals surface area contributed by atoms with Crippen LogP contribution >= 0.6 is 0 Å². The third-order valence-corrected chi connectivity index (χ3v) is 1.51. The Balaban J connectivity index is 0.000000423. The second kappa shape index (κ2) is 7.18. The Kier molecular flexibility index (Phi) is 6.63. The first-order valence-corrected chi connectivity index (χ1v) is 5.48. The summed E-state index contributed by atoms with van der Waals surface area (Å²) < 4.78 is 32.6. The first kappa shape index (κ1) is 13.8. The first-order chi connectivity index (χ1) is 6.99. The highest BCUT2D eigenvalue weighted by Gasteiger charge is 2.04. The molecule has 86 valence electrons. The third kappa shape index (κ3) is 9.16. The molecule has 0 bridgehead atoms. The van der Waals surface area contributed by atoms with E-state index in [4.69, 9.17) is 16.0 Å². The summed E-state index contributed by atoms with van der Waals surface area (Å²) >= 11 is 0. The lowest BCUT2D eigenvalue weighted by molar-refractivity contribution is 0.387. The van der Waals surface area contributed by atoms with Gasteiger partial charge in [-0.3, -0.25) is 4.55 Å². The van der Waals surface area contributed by atoms with Crippen molar-refractivity contribution >= 4 is 10.4 Å². The Bertz CT molecular complexity index is 350. The van der Waals surface area contributed by atoms with Crippen molar-refractivity contribution < 1.29 is 17.2 Å². The van der Waals surface area contributed by atoms with Gasteiger partial charge in [0.1, 0.15) is 5.75 Å². The number of para-hydroxylation sites is 1. The van der Waals surface area contributed by atoms with Crippen LogP contribution < -0.4 is 15.7 Å². The summed E-state index contributed by atoms with van der Waals surface area (Å²) in [6.45, 7) is 1.19. The van der Waals surface area contributed by atoms with Crippen LogP contribution in [0.25, 0.3) is 0 Å². The molecule has 6 nitrogen and oxygen atoms in total. The predicted molar refractivity (Wildman–Crippen MR) is 56.7 cm³/mol. The Hall–Kier alpha value is -1.15. The van der Waals surface area contributed by atoms with Crippen molar-refractivity contribution in [1.29, 1.82) is 0 Å². The second-order valence-electron chi connectivity index (χ2n) is 2.40. The number of hydrogen-bond donors (Lipinski definition) is 3. The lowest BCUT2D eigenvalue weighted by Crippen LogP contribution is -2.11. The summed E-state index contributed by atoms with van der Waals surface area (Å²) in [4.78, 5) is 0. The van der Waals surface area contributed by atoms with Crippen LogP contribution in [0, 0.1) is 0 Å². The molecule has 1 aromatic rings. The molecule has 0 spiro atoms. The van der Waals surface area contributed by atoms with Gasteiger partial charge in [0.25, 0.3) is 0 Å². The van der Waals surface area contributed by atoms with Gasteiger partial charge < -0.3 is 15.7 Å². The molecule has 1 aromatic carbocycles. The summed E-state index contributed by atoms with van der Waals surface area (Å²) in [6, 6.07) is 7.75. The first-order valence-electron chi connectivity index (χ1n) is 4.11. The van der Waals surface area contributed by atoms with E-state index in [9.17, 15) is 8.42 Å². The van der Waals surface area contributed by atoms with Gasteiger partial charge in [-0.25, -0.2) is 0 Å². The zero-order valence-corrected chi connectivity index (χ0v) is 8.85. The van der Waals surface area contributed by atoms with Gasteiger partial charge in [0, 0.05) is 13.1 Å². The average Bonchev–Trinajstić information content (AvgIpc) is 2.17. The maximum Gasteiger partial charge on any atom is 0.446 e. The van der Waals surface area contributed by atoms with Crippen molar-refractivity contribution in [2.45, 2.75) is 0 Å². The van der Waals surface area contributed by atoms with E-state index in [0.29, 0.717) is 13.1 Å². The minimum atomic E-state index is -4.38. The smallest absolute Gasteiger partial charge is 0.362 e. The number of nitrogens with two attached hydrogens (primary N) is 2. The van der Waals surface area contributed by atoms with Crippen molar-refractivity contribution in [3.8, 4) is 5.75 Å². The second-order valence-corrected chi connectivity index (χ2v) is 3.42. The summed E-state index contributed by atoms with van der Waals surface area (Å²) in [5.74, 6) is 0.0926. The van der Waals surface area contributed by atoms with E-state index in [1.807, 2.05) is 0 Å². The van der Waals surface area contributed by atoms with E-state index >= 15 is 0 Å². The van der Waals surface area contributed by atoms with E-state index in [1.165, 1.54) is 12.1 Å². The highest BCUT2D eigenvalue weighted by atomic mass is 32.3. The zero-order chi connectivity index (χ0) is 11.7. The highest BCUT2D eigenvalue weighted by Crippen LogP contribution is 2.09. The van der Waals surface area contributed by atoms with Crippen molar-refractivity contribution in [3.63, 3.8) is 0 Å². The predicted octanol–water partition coefficient (Wildman–Crippen LogP) is -0.228. The fraction of sp³-hybridized carbons (Fsp3) is 0.250. The molecule has 0 aliphatic heterocycles. The molecule has 1 rings (SSSR count). The van der Waals surface area contributed by atoms with Crippen molar-refractivity contribution in [2.24, 2.45) is 11.5 Å². The standard InChI is InChI=1S/C6H6O4S.C2H8N2/c7-11(8,9)10-6-4-2-1-3-5-6;3-1-2-4/h1-5H,(H,7,8,9);1-4H2. The average molecular weight is 234 g/mol. The lowest BCUT2D eigenvalue weighted by Gasteiger charge is -1.98. The van der Waals surface area contributed by atoms with E-state index in [2.05, 4.69) is 4.18 Å². The Labute approximate surface area is 88.8 Å². The molecule has 0 saturated carbocycles. The van der Waals surface area contributed by atoms with E-state index in [-0.39, 0.29) is 5.75 Å². The summed E-state index contributed by atoms with van der Waals surface area (Å²) in [5, 5.41) is 0. The van der Waals surface area contributed by atoms with Gasteiger partial charge in [0.2, 0.25) is 0 Å². The maximum absolute atomic E-state index is 10.1. The summed E-state index contributed by atoms with van der Waals surface area (Å²) in [5.41, 5.74) is 9.81. The van der Waals surface area contributed by atoms with Gasteiger partial charge in [-0.1, -0.05) is 18.2 Å². The van der Waals surface area contributed by atoms with Crippen LogP contribution in [0.5, 0.6) is 5.75 Å². The van der Waals surface area contributed by atoms with E-state index < -0.39 is 10.4 Å². The highest BCUT2D eigenvalue weighted by molar-refractivity contribution is 7.81. The number of hydrogen-bond acceptors (Lipinski definition) is 5. The minimum Gasteiger partial charge on any atom is -0.362 e. The van der Waals surface area contributed by atoms with Crippen LogP contribution in [0.15, 0.2) is 30.3 Å². The topological polar surface area (TPSA) is 116 Å². The molecule has 5 N–H and O–H groups in total. The van der Waals surface area contributed by atoms with Crippen molar-refractivity contribution in [3.05, 3.63) is 30.3 Å². The van der Waals surface area contributed by atoms with Crippen molar-refractivity contribution in [1.82, 2.24) is 0 Å². The molecule has 0 saturated heterocycles. The van der Waals surface area contributed by atoms with Gasteiger partial charge in [-0.2, -0.15) is 8.42 Å². The molecule has 0 aliphatic carbocycles. The Morgan fingerprint density at radius 1 is 1.13 bits per heavy atom. The zero-order valence-electron chi connectivity index (χ0n) is 8.04. The van der Waals surface area contributed by atoms with E-state index in [0.717, 1.165) is 0 Å². The van der Waals surface area contributed by atoms with Gasteiger partial charge in [0.05, 0.1) is 0 Å². The molecule has 0 amide bonds. The van der Waals surface area contributed by atoms with E-state index in [1.54, 1.807) is 18.2 Å². The van der Waals surface area contributed by atoms with Crippen LogP contribution in [0.3, 0.4) is 0 Å². The Morgan fingerprint density at radius 2 is 1.60 bits per heavy atom. The van der Waals surface area contributed by atoms with Crippen LogP contribution in [0.2, 0.25) is 0 Å². The molecule has 15 heavy (non-hydrogen) atoms. The largest absolute Gasteiger partial charge is 0.446 e. The quantitative estimate of drug-likeness (QED) is 0.622. The van der Waals surface area contributed by atoms with Gasteiger partial charge in [0.15, 0.2) is 0 Å². The molecular formula is C8H14N2O4S.